The predicted molar refractivity (Wildman–Crippen MR) is 13.6 cm³/mol. The summed E-state index contributed by atoms with van der Waals surface area (Å²) in [6.07, 6.45) is 0. The van der Waals surface area contributed by atoms with Gasteiger partial charge in [0.15, 0.2) is 0 Å². The molecule has 2 nitrogen and oxygen atoms in total. The second kappa shape index (κ2) is 15.8. The Kier molecular flexibility index (Phi) is 49.4. The molecule has 0 aromatic carbocycles. The van der Waals surface area contributed by atoms with Gasteiger partial charge in [0, 0.05) is 0 Å². The van der Waals surface area contributed by atoms with Gasteiger partial charge in [-0.1, -0.05) is 0 Å². The summed E-state index contributed by atoms with van der Waals surface area (Å²) in [5, 5.41) is 0. The van der Waals surface area contributed by atoms with E-state index >= 15 is 0 Å². The minimum absolute atomic E-state index is 0. The van der Waals surface area contributed by atoms with E-state index in [2.05, 4.69) is 0 Å². The van der Waals surface area contributed by atoms with Crippen LogP contribution in [0.15, 0.2) is 0 Å². The van der Waals surface area contributed by atoms with Crippen LogP contribution in [0.1, 0.15) is 0 Å². The molecule has 0 radical (unpaired) electrons. The Hall–Kier alpha value is 2.94. The van der Waals surface area contributed by atoms with Crippen molar-refractivity contribution in [1.29, 1.82) is 0 Å². The van der Waals surface area contributed by atoms with Crippen molar-refractivity contribution in [1.82, 2.24) is 0 Å². The van der Waals surface area contributed by atoms with Crippen LogP contribution in [0.3, 0.4) is 0 Å². The zero-order valence-electron chi connectivity index (χ0n) is 2.39. The van der Waals surface area contributed by atoms with E-state index in [0.717, 1.165) is 0 Å². The van der Waals surface area contributed by atoms with Crippen LogP contribution in [0.4, 0.5) is 0 Å². The van der Waals surface area contributed by atoms with Gasteiger partial charge in [0.05, 0.1) is 0 Å². The van der Waals surface area contributed by atoms with E-state index in [9.17, 15) is 0 Å². The summed E-state index contributed by atoms with van der Waals surface area (Å²) in [6.45, 7) is 0. The largest absolute Gasteiger partial charge is 1.00 e. The number of hydrogen-bond donors (Lipinski definition) is 0. The molecule has 0 N–H and O–H groups in total. The molecule has 0 aliphatic heterocycles. The van der Waals surface area contributed by atoms with Crippen molar-refractivity contribution >= 4 is 45.0 Å². The first kappa shape index (κ1) is 15.7. The SMILES string of the molecule is [NaH].[O]=[Al][O-].[Rb+]. The monoisotopic (exact) mass is 168 g/mol. The molecule has 0 aliphatic carbocycles. The quantitative estimate of drug-likeness (QED) is 0.339. The van der Waals surface area contributed by atoms with Crippen LogP contribution < -0.4 is 62.3 Å². The van der Waals surface area contributed by atoms with Crippen molar-refractivity contribution in [3.8, 4) is 0 Å². The minimum atomic E-state index is -1.75. The summed E-state index contributed by atoms with van der Waals surface area (Å²) < 4.78 is 16.9. The van der Waals surface area contributed by atoms with E-state index in [1.807, 2.05) is 0 Å². The Morgan fingerprint density at radius 2 is 1.60 bits per heavy atom. The standard InChI is InChI=1S/Al.Na.2O.Rb.H/q;;;-1;+1;. The van der Waals surface area contributed by atoms with Crippen LogP contribution in [0, 0.1) is 0 Å². The maximum absolute atomic E-state index is 8.46. The average Bonchev–Trinajstić information content (AvgIpc) is 0.918. The van der Waals surface area contributed by atoms with E-state index in [0.29, 0.717) is 0 Å². The van der Waals surface area contributed by atoms with Crippen LogP contribution in [-0.4, -0.2) is 45.0 Å². The maximum Gasteiger partial charge on any atom is 1.00 e. The summed E-state index contributed by atoms with van der Waals surface area (Å²) in [6, 6.07) is 0. The van der Waals surface area contributed by atoms with Crippen molar-refractivity contribution in [2.45, 2.75) is 0 Å². The normalized spacial score (nSPS) is 1.60. The van der Waals surface area contributed by atoms with Gasteiger partial charge in [0.1, 0.15) is 0 Å². The molecule has 0 saturated carbocycles. The Bertz CT molecular complexity index is 17.1. The smallest absolute Gasteiger partial charge is 1.00 e. The molecule has 0 heterocycles. The Labute approximate surface area is 108 Å². The van der Waals surface area contributed by atoms with Crippen molar-refractivity contribution in [3.63, 3.8) is 0 Å². The summed E-state index contributed by atoms with van der Waals surface area (Å²) in [7, 11) is 0. The second-order valence-electron chi connectivity index (χ2n) is 0.0962. The first-order valence-electron chi connectivity index (χ1n) is 0.471. The number of rotatable bonds is 0. The first-order valence-corrected chi connectivity index (χ1v) is 1.41. The van der Waals surface area contributed by atoms with Crippen molar-refractivity contribution < 1.29 is 66.1 Å². The third kappa shape index (κ3) is 19.6. The van der Waals surface area contributed by atoms with Crippen LogP contribution >= 0.6 is 0 Å². The molecule has 0 unspecified atom stereocenters. The maximum atomic E-state index is 8.46. The topological polar surface area (TPSA) is 40.1 Å². The van der Waals surface area contributed by atoms with Crippen LogP contribution in [0.5, 0.6) is 0 Å². The Morgan fingerprint density at radius 1 is 1.60 bits per heavy atom. The molecule has 0 fully saturated rings. The zero-order chi connectivity index (χ0) is 2.71. The summed E-state index contributed by atoms with van der Waals surface area (Å²) in [5.41, 5.74) is 0. The van der Waals surface area contributed by atoms with Crippen LogP contribution in [-0.2, 0) is 3.80 Å². The van der Waals surface area contributed by atoms with Crippen LogP contribution in [0.25, 0.3) is 0 Å². The minimum Gasteiger partial charge on any atom is 1.00 e. The van der Waals surface area contributed by atoms with Crippen molar-refractivity contribution in [2.75, 3.05) is 0 Å². The molecule has 5 heteroatoms. The molecule has 0 amide bonds. The molecule has 0 rings (SSSR count). The van der Waals surface area contributed by atoms with E-state index in [-0.39, 0.29) is 87.7 Å². The molecule has 0 saturated heterocycles. The fraction of sp³-hybridized carbons (Fsp3) is 0. The van der Waals surface area contributed by atoms with Gasteiger partial charge >= 0.3 is 111 Å². The van der Waals surface area contributed by atoms with Crippen molar-refractivity contribution in [3.05, 3.63) is 0 Å². The molecule has 18 valence electrons. The second-order valence-corrected chi connectivity index (χ2v) is 0.289. The van der Waals surface area contributed by atoms with Gasteiger partial charge in [-0.15, -0.1) is 0 Å². The Morgan fingerprint density at radius 3 is 1.60 bits per heavy atom. The van der Waals surface area contributed by atoms with Crippen molar-refractivity contribution in [2.24, 2.45) is 0 Å². The molecule has 0 aliphatic rings. The van der Waals surface area contributed by atoms with E-state index in [1.54, 1.807) is 0 Å². The molecule has 5 heavy (non-hydrogen) atoms. The summed E-state index contributed by atoms with van der Waals surface area (Å²) >= 11 is -1.75. The molecule has 0 atom stereocenters. The van der Waals surface area contributed by atoms with Gasteiger partial charge < -0.3 is 0 Å². The van der Waals surface area contributed by atoms with E-state index < -0.39 is 15.5 Å². The molecule has 0 bridgehead atoms. The third-order valence-corrected chi connectivity index (χ3v) is 0. The summed E-state index contributed by atoms with van der Waals surface area (Å²) in [4.78, 5) is 0. The van der Waals surface area contributed by atoms with Gasteiger partial charge in [-0.25, -0.2) is 0 Å². The number of hydrogen-bond acceptors (Lipinski definition) is 2. The average molecular weight is 168 g/mol. The molecule has 0 aromatic heterocycles. The molecular weight excluding hydrogens is 167 g/mol. The van der Waals surface area contributed by atoms with Gasteiger partial charge in [0.25, 0.3) is 0 Å². The first-order chi connectivity index (χ1) is 1.41. The van der Waals surface area contributed by atoms with Gasteiger partial charge in [-0.2, -0.15) is 0 Å². The third-order valence-electron chi connectivity index (χ3n) is 0. The fourth-order valence-corrected chi connectivity index (χ4v) is 0. The van der Waals surface area contributed by atoms with Gasteiger partial charge in [-0.05, 0) is 0 Å². The summed E-state index contributed by atoms with van der Waals surface area (Å²) in [5.74, 6) is 0. The van der Waals surface area contributed by atoms with Gasteiger partial charge in [-0.3, -0.25) is 0 Å². The molecule has 0 spiro atoms. The van der Waals surface area contributed by atoms with Gasteiger partial charge in [0.2, 0.25) is 0 Å². The molecule has 0 aromatic rings. The van der Waals surface area contributed by atoms with Crippen LogP contribution in [0.2, 0.25) is 0 Å². The fourth-order valence-electron chi connectivity index (χ4n) is 0. The zero-order valence-corrected chi connectivity index (χ0v) is 8.46. The Balaban J connectivity index is -0.0000000200. The van der Waals surface area contributed by atoms with E-state index in [1.165, 1.54) is 0 Å². The van der Waals surface area contributed by atoms with E-state index in [4.69, 9.17) is 7.96 Å². The predicted octanol–water partition coefficient (Wildman–Crippen LogP) is -5.33. The molecular formula is HAlNaO2Rb.